The third-order valence-electron chi connectivity index (χ3n) is 1.67. The number of rotatable bonds is 2. The molecule has 13 heavy (non-hydrogen) atoms. The molecule has 0 saturated heterocycles. The van der Waals surface area contributed by atoms with Gasteiger partial charge in [-0.1, -0.05) is 0 Å². The molecule has 4 nitrogen and oxygen atoms in total. The molecule has 0 fully saturated rings. The average Bonchev–Trinajstić information content (AvgIpc) is 2.09. The van der Waals surface area contributed by atoms with E-state index in [1.54, 1.807) is 13.1 Å². The van der Waals surface area contributed by atoms with Gasteiger partial charge in [-0.15, -0.1) is 0 Å². The zero-order valence-corrected chi connectivity index (χ0v) is 7.69. The Hall–Kier alpha value is -1.63. The molecule has 0 N–H and O–H groups in total. The van der Waals surface area contributed by atoms with Crippen LogP contribution in [0.2, 0.25) is 0 Å². The maximum atomic E-state index is 11.3. The van der Waals surface area contributed by atoms with Crippen LogP contribution in [0.15, 0.2) is 17.1 Å². The van der Waals surface area contributed by atoms with Crippen molar-refractivity contribution in [3.8, 4) is 6.07 Å². The van der Waals surface area contributed by atoms with Gasteiger partial charge in [0.1, 0.15) is 0 Å². The number of hydrogen-bond acceptors (Lipinski definition) is 3. The van der Waals surface area contributed by atoms with Crippen molar-refractivity contribution in [2.45, 2.75) is 20.4 Å². The summed E-state index contributed by atoms with van der Waals surface area (Å²) in [5, 5.41) is 12.5. The molecule has 1 aromatic rings. The number of hydrogen-bond donors (Lipinski definition) is 0. The topological polar surface area (TPSA) is 58.7 Å². The Balaban J connectivity index is 2.92. The minimum Gasteiger partial charge on any atom is -0.268 e. The van der Waals surface area contributed by atoms with Gasteiger partial charge in [0, 0.05) is 6.07 Å². The summed E-state index contributed by atoms with van der Waals surface area (Å²) in [5.41, 5.74) is 0.688. The van der Waals surface area contributed by atoms with Crippen LogP contribution in [0.5, 0.6) is 0 Å². The summed E-state index contributed by atoms with van der Waals surface area (Å²) in [6.45, 7) is 3.93. The third-order valence-corrected chi connectivity index (χ3v) is 1.67. The van der Waals surface area contributed by atoms with Crippen LogP contribution in [-0.2, 0) is 6.54 Å². The lowest BCUT2D eigenvalue weighted by Crippen LogP contribution is -2.24. The van der Waals surface area contributed by atoms with Crippen LogP contribution in [0, 0.1) is 24.2 Å². The molecular weight excluding hydrogens is 166 g/mol. The lowest BCUT2D eigenvalue weighted by Gasteiger charge is -2.04. The van der Waals surface area contributed by atoms with Gasteiger partial charge in [-0.05, 0) is 19.4 Å². The normalized spacial score (nSPS) is 12.1. The predicted molar refractivity (Wildman–Crippen MR) is 48.0 cm³/mol. The highest BCUT2D eigenvalue weighted by atomic mass is 16.1. The summed E-state index contributed by atoms with van der Waals surface area (Å²) < 4.78 is 1.31. The molecule has 0 bridgehead atoms. The van der Waals surface area contributed by atoms with Gasteiger partial charge in [0.25, 0.3) is 5.56 Å². The van der Waals surface area contributed by atoms with Crippen LogP contribution < -0.4 is 5.56 Å². The molecular formula is C9H11N3O. The Kier molecular flexibility index (Phi) is 2.80. The standard InChI is InChI=1S/C9H11N3O/c1-7-3-9(13)12(11-5-7)6-8(2)4-10/h3,5,8H,6H2,1-2H3. The highest BCUT2D eigenvalue weighted by Crippen LogP contribution is 1.94. The fourth-order valence-electron chi connectivity index (χ4n) is 0.962. The van der Waals surface area contributed by atoms with Crippen LogP contribution in [-0.4, -0.2) is 9.78 Å². The summed E-state index contributed by atoms with van der Waals surface area (Å²) >= 11 is 0. The Labute approximate surface area is 76.4 Å². The maximum absolute atomic E-state index is 11.3. The first kappa shape index (κ1) is 9.46. The van der Waals surface area contributed by atoms with E-state index in [4.69, 9.17) is 5.26 Å². The van der Waals surface area contributed by atoms with Gasteiger partial charge in [-0.2, -0.15) is 10.4 Å². The monoisotopic (exact) mass is 177 g/mol. The van der Waals surface area contributed by atoms with Gasteiger partial charge in [0.15, 0.2) is 0 Å². The van der Waals surface area contributed by atoms with E-state index in [-0.39, 0.29) is 11.5 Å². The smallest absolute Gasteiger partial charge is 0.267 e. The fourth-order valence-corrected chi connectivity index (χ4v) is 0.962. The highest BCUT2D eigenvalue weighted by molar-refractivity contribution is 5.02. The van der Waals surface area contributed by atoms with E-state index in [9.17, 15) is 4.79 Å². The number of nitrogens with zero attached hydrogens (tertiary/aromatic N) is 3. The summed E-state index contributed by atoms with van der Waals surface area (Å²) in [5.74, 6) is -0.187. The van der Waals surface area contributed by atoms with Gasteiger partial charge < -0.3 is 0 Å². The van der Waals surface area contributed by atoms with Crippen LogP contribution in [0.25, 0.3) is 0 Å². The largest absolute Gasteiger partial charge is 0.268 e. The number of aryl methyl sites for hydroxylation is 1. The molecule has 0 radical (unpaired) electrons. The van der Waals surface area contributed by atoms with Gasteiger partial charge in [0.2, 0.25) is 0 Å². The van der Waals surface area contributed by atoms with Crippen molar-refractivity contribution in [3.05, 3.63) is 28.2 Å². The SMILES string of the molecule is Cc1cnn(CC(C)C#N)c(=O)c1. The van der Waals surface area contributed by atoms with E-state index in [0.717, 1.165) is 5.56 Å². The molecule has 0 aliphatic heterocycles. The fraction of sp³-hybridized carbons (Fsp3) is 0.444. The molecule has 1 heterocycles. The molecule has 1 rings (SSSR count). The second kappa shape index (κ2) is 3.85. The zero-order chi connectivity index (χ0) is 9.84. The minimum atomic E-state index is -0.187. The van der Waals surface area contributed by atoms with Crippen molar-refractivity contribution in [2.24, 2.45) is 5.92 Å². The van der Waals surface area contributed by atoms with Crippen LogP contribution in [0.3, 0.4) is 0 Å². The Morgan fingerprint density at radius 1 is 1.77 bits per heavy atom. The van der Waals surface area contributed by atoms with Gasteiger partial charge >= 0.3 is 0 Å². The summed E-state index contributed by atoms with van der Waals surface area (Å²) in [6.07, 6.45) is 1.62. The first-order valence-electron chi connectivity index (χ1n) is 4.07. The second-order valence-corrected chi connectivity index (χ2v) is 3.08. The first-order chi connectivity index (χ1) is 6.13. The molecule has 0 aliphatic rings. The van der Waals surface area contributed by atoms with E-state index in [1.807, 2.05) is 6.92 Å². The predicted octanol–water partition coefficient (Wildman–Crippen LogP) is 0.711. The van der Waals surface area contributed by atoms with Crippen LogP contribution in [0.1, 0.15) is 12.5 Å². The van der Waals surface area contributed by atoms with Crippen molar-refractivity contribution in [1.29, 1.82) is 5.26 Å². The summed E-state index contributed by atoms with van der Waals surface area (Å²) in [4.78, 5) is 11.3. The molecule has 0 aromatic carbocycles. The molecule has 1 unspecified atom stereocenters. The second-order valence-electron chi connectivity index (χ2n) is 3.08. The molecule has 1 atom stereocenters. The summed E-state index contributed by atoms with van der Waals surface area (Å²) in [6, 6.07) is 3.57. The lowest BCUT2D eigenvalue weighted by atomic mass is 10.2. The van der Waals surface area contributed by atoms with Crippen molar-refractivity contribution >= 4 is 0 Å². The Bertz CT molecular complexity index is 389. The Morgan fingerprint density at radius 3 is 3.00 bits per heavy atom. The molecule has 0 spiro atoms. The summed E-state index contributed by atoms with van der Waals surface area (Å²) in [7, 11) is 0. The van der Waals surface area contributed by atoms with E-state index in [0.29, 0.717) is 6.54 Å². The van der Waals surface area contributed by atoms with Crippen LogP contribution in [0.4, 0.5) is 0 Å². The molecule has 4 heteroatoms. The third kappa shape index (κ3) is 2.41. The molecule has 0 aliphatic carbocycles. The molecule has 68 valence electrons. The molecule has 0 amide bonds. The molecule has 1 aromatic heterocycles. The Morgan fingerprint density at radius 2 is 2.46 bits per heavy atom. The molecule has 0 saturated carbocycles. The zero-order valence-electron chi connectivity index (χ0n) is 7.69. The van der Waals surface area contributed by atoms with Gasteiger partial charge in [0.05, 0.1) is 24.7 Å². The van der Waals surface area contributed by atoms with Crippen molar-refractivity contribution in [3.63, 3.8) is 0 Å². The minimum absolute atomic E-state index is 0.151. The van der Waals surface area contributed by atoms with Gasteiger partial charge in [-0.25, -0.2) is 4.68 Å². The first-order valence-corrected chi connectivity index (χ1v) is 4.07. The lowest BCUT2D eigenvalue weighted by molar-refractivity contribution is 0.502. The van der Waals surface area contributed by atoms with E-state index < -0.39 is 0 Å². The van der Waals surface area contributed by atoms with E-state index >= 15 is 0 Å². The number of nitriles is 1. The van der Waals surface area contributed by atoms with E-state index in [2.05, 4.69) is 11.2 Å². The quantitative estimate of drug-likeness (QED) is 0.668. The number of aromatic nitrogens is 2. The maximum Gasteiger partial charge on any atom is 0.267 e. The van der Waals surface area contributed by atoms with Crippen molar-refractivity contribution < 1.29 is 0 Å². The highest BCUT2D eigenvalue weighted by Gasteiger charge is 2.03. The van der Waals surface area contributed by atoms with Gasteiger partial charge in [-0.3, -0.25) is 4.79 Å². The van der Waals surface area contributed by atoms with E-state index in [1.165, 1.54) is 10.7 Å². The average molecular weight is 177 g/mol. The van der Waals surface area contributed by atoms with Crippen molar-refractivity contribution in [1.82, 2.24) is 9.78 Å². The van der Waals surface area contributed by atoms with Crippen LogP contribution >= 0.6 is 0 Å². The van der Waals surface area contributed by atoms with Crippen molar-refractivity contribution in [2.75, 3.05) is 0 Å².